The van der Waals surface area contributed by atoms with E-state index in [1.165, 1.54) is 16.9 Å². The Morgan fingerprint density at radius 3 is 2.65 bits per heavy atom. The van der Waals surface area contributed by atoms with Gasteiger partial charge in [-0.25, -0.2) is 4.98 Å². The summed E-state index contributed by atoms with van der Waals surface area (Å²) < 4.78 is 8.37. The van der Waals surface area contributed by atoms with E-state index in [9.17, 15) is 0 Å². The fourth-order valence-corrected chi connectivity index (χ4v) is 3.29. The lowest BCUT2D eigenvalue weighted by atomic mass is 10.1. The Balaban J connectivity index is 1.58. The van der Waals surface area contributed by atoms with Crippen molar-refractivity contribution in [2.75, 3.05) is 6.61 Å². The number of nitrogens with zero attached hydrogens (tertiary/aromatic N) is 2. The van der Waals surface area contributed by atoms with Gasteiger partial charge in [0, 0.05) is 12.5 Å². The zero-order valence-corrected chi connectivity index (χ0v) is 15.8. The molecule has 0 spiro atoms. The van der Waals surface area contributed by atoms with Crippen LogP contribution in [0.25, 0.3) is 11.0 Å². The van der Waals surface area contributed by atoms with E-state index in [-0.39, 0.29) is 0 Å². The predicted molar refractivity (Wildman–Crippen MR) is 109 cm³/mol. The highest BCUT2D eigenvalue weighted by molar-refractivity contribution is 5.76. The van der Waals surface area contributed by atoms with Crippen LogP contribution < -0.4 is 4.74 Å². The maximum Gasteiger partial charge on any atom is 0.122 e. The molecule has 0 saturated heterocycles. The lowest BCUT2D eigenvalue weighted by molar-refractivity contribution is 0.300. The quantitative estimate of drug-likeness (QED) is 0.364. The van der Waals surface area contributed by atoms with Crippen molar-refractivity contribution in [3.63, 3.8) is 0 Å². The van der Waals surface area contributed by atoms with Gasteiger partial charge in [0.15, 0.2) is 0 Å². The molecule has 3 nitrogen and oxygen atoms in total. The first kappa shape index (κ1) is 18.2. The van der Waals surface area contributed by atoms with Gasteiger partial charge in [-0.1, -0.05) is 50.3 Å². The summed E-state index contributed by atoms with van der Waals surface area (Å²) in [5.41, 5.74) is 3.52. The van der Waals surface area contributed by atoms with Crippen LogP contribution in [0.1, 0.15) is 44.0 Å². The zero-order chi connectivity index (χ0) is 18.4. The summed E-state index contributed by atoms with van der Waals surface area (Å²) in [5, 5.41) is 0. The largest absolute Gasteiger partial charge is 0.493 e. The number of imidazole rings is 1. The summed E-state index contributed by atoms with van der Waals surface area (Å²) in [6.07, 6.45) is 4.85. The molecule has 1 aromatic heterocycles. The van der Waals surface area contributed by atoms with Gasteiger partial charge in [0.25, 0.3) is 0 Å². The lowest BCUT2D eigenvalue weighted by Gasteiger charge is -2.13. The molecule has 1 heterocycles. The van der Waals surface area contributed by atoms with Gasteiger partial charge in [-0.2, -0.15) is 0 Å². The number of ether oxygens (including phenoxy) is 1. The molecule has 136 valence electrons. The van der Waals surface area contributed by atoms with Gasteiger partial charge < -0.3 is 9.30 Å². The lowest BCUT2D eigenvalue weighted by Crippen LogP contribution is -2.07. The molecule has 0 amide bonds. The van der Waals surface area contributed by atoms with Gasteiger partial charge in [0.05, 0.1) is 17.6 Å². The fraction of sp³-hybridized carbons (Fsp3) is 0.348. The van der Waals surface area contributed by atoms with E-state index >= 15 is 0 Å². The smallest absolute Gasteiger partial charge is 0.122 e. The van der Waals surface area contributed by atoms with Gasteiger partial charge in [0.1, 0.15) is 11.6 Å². The van der Waals surface area contributed by atoms with Gasteiger partial charge in [-0.15, -0.1) is 6.58 Å². The monoisotopic (exact) mass is 348 g/mol. The Bertz CT molecular complexity index is 864. The van der Waals surface area contributed by atoms with Crippen LogP contribution in [0.15, 0.2) is 61.2 Å². The summed E-state index contributed by atoms with van der Waals surface area (Å²) >= 11 is 0. The van der Waals surface area contributed by atoms with Gasteiger partial charge in [0.2, 0.25) is 0 Å². The van der Waals surface area contributed by atoms with Crippen LogP contribution in [-0.4, -0.2) is 16.2 Å². The molecule has 3 heteroatoms. The summed E-state index contributed by atoms with van der Waals surface area (Å²) in [6.45, 7) is 9.94. The van der Waals surface area contributed by atoms with Crippen molar-refractivity contribution < 1.29 is 4.74 Å². The number of aryl methyl sites for hydroxylation is 1. The number of hydrogen-bond acceptors (Lipinski definition) is 2. The SMILES string of the molecule is C=CCc1ccccc1OCCCCn1c(C(C)C)nc2ccccc21. The van der Waals surface area contributed by atoms with Crippen LogP contribution in [0.4, 0.5) is 0 Å². The maximum atomic E-state index is 6.00. The summed E-state index contributed by atoms with van der Waals surface area (Å²) in [5.74, 6) is 2.57. The summed E-state index contributed by atoms with van der Waals surface area (Å²) in [4.78, 5) is 4.81. The molecular formula is C23H28N2O. The third-order valence-corrected chi connectivity index (χ3v) is 4.57. The molecule has 0 aliphatic rings. The molecule has 0 radical (unpaired) electrons. The number of unbranched alkanes of at least 4 members (excludes halogenated alkanes) is 1. The van der Waals surface area contributed by atoms with Gasteiger partial charge >= 0.3 is 0 Å². The first-order valence-corrected chi connectivity index (χ1v) is 9.47. The van der Waals surface area contributed by atoms with Crippen molar-refractivity contribution in [3.8, 4) is 5.75 Å². The molecule has 0 bridgehead atoms. The molecule has 0 saturated carbocycles. The van der Waals surface area contributed by atoms with E-state index < -0.39 is 0 Å². The molecule has 26 heavy (non-hydrogen) atoms. The Kier molecular flexibility index (Phi) is 6.11. The summed E-state index contributed by atoms with van der Waals surface area (Å²) in [6, 6.07) is 16.6. The third kappa shape index (κ3) is 4.16. The Morgan fingerprint density at radius 2 is 1.85 bits per heavy atom. The minimum Gasteiger partial charge on any atom is -0.493 e. The van der Waals surface area contributed by atoms with Crippen molar-refractivity contribution >= 4 is 11.0 Å². The predicted octanol–water partition coefficient (Wildman–Crippen LogP) is 5.75. The number of para-hydroxylation sites is 3. The zero-order valence-electron chi connectivity index (χ0n) is 15.8. The van der Waals surface area contributed by atoms with Crippen LogP contribution >= 0.6 is 0 Å². The molecule has 0 aliphatic carbocycles. The number of benzene rings is 2. The average molecular weight is 348 g/mol. The second kappa shape index (κ2) is 8.70. The van der Waals surface area contributed by atoms with Crippen molar-refractivity contribution in [2.45, 2.75) is 45.6 Å². The van der Waals surface area contributed by atoms with Crippen LogP contribution in [0.5, 0.6) is 5.75 Å². The highest BCUT2D eigenvalue weighted by Gasteiger charge is 2.12. The van der Waals surface area contributed by atoms with Crippen molar-refractivity contribution in [1.82, 2.24) is 9.55 Å². The number of aromatic nitrogens is 2. The van der Waals surface area contributed by atoms with Crippen LogP contribution in [0, 0.1) is 0 Å². The first-order valence-electron chi connectivity index (χ1n) is 9.47. The van der Waals surface area contributed by atoms with Crippen molar-refractivity contribution in [3.05, 3.63) is 72.6 Å². The van der Waals surface area contributed by atoms with E-state index in [2.05, 4.69) is 55.3 Å². The molecular weight excluding hydrogens is 320 g/mol. The normalized spacial score (nSPS) is 11.2. The number of allylic oxidation sites excluding steroid dienone is 1. The van der Waals surface area contributed by atoms with E-state index in [1.807, 2.05) is 24.3 Å². The summed E-state index contributed by atoms with van der Waals surface area (Å²) in [7, 11) is 0. The molecule has 3 rings (SSSR count). The molecule has 0 aliphatic heterocycles. The average Bonchev–Trinajstić information content (AvgIpc) is 3.02. The van der Waals surface area contributed by atoms with E-state index in [0.29, 0.717) is 5.92 Å². The topological polar surface area (TPSA) is 27.1 Å². The highest BCUT2D eigenvalue weighted by atomic mass is 16.5. The van der Waals surface area contributed by atoms with Crippen molar-refractivity contribution in [2.24, 2.45) is 0 Å². The molecule has 0 N–H and O–H groups in total. The van der Waals surface area contributed by atoms with Crippen LogP contribution in [0.3, 0.4) is 0 Å². The maximum absolute atomic E-state index is 6.00. The molecule has 0 unspecified atom stereocenters. The van der Waals surface area contributed by atoms with E-state index in [4.69, 9.17) is 9.72 Å². The Hall–Kier alpha value is -2.55. The van der Waals surface area contributed by atoms with E-state index in [1.54, 1.807) is 0 Å². The minimum atomic E-state index is 0.421. The van der Waals surface area contributed by atoms with Crippen molar-refractivity contribution in [1.29, 1.82) is 0 Å². The number of rotatable bonds is 9. The molecule has 3 aromatic rings. The third-order valence-electron chi connectivity index (χ3n) is 4.57. The molecule has 0 fully saturated rings. The van der Waals surface area contributed by atoms with Crippen LogP contribution in [0.2, 0.25) is 0 Å². The Labute approximate surface area is 156 Å². The second-order valence-corrected chi connectivity index (χ2v) is 6.92. The van der Waals surface area contributed by atoms with E-state index in [0.717, 1.165) is 43.7 Å². The first-order chi connectivity index (χ1) is 12.7. The molecule has 2 aromatic carbocycles. The minimum absolute atomic E-state index is 0.421. The highest BCUT2D eigenvalue weighted by Crippen LogP contribution is 2.23. The standard InChI is InChI=1S/C23H28N2O/c1-4-11-19-12-5-8-15-22(19)26-17-10-9-16-25-21-14-7-6-13-20(21)24-23(25)18(2)3/h4-8,12-15,18H,1,9-11,16-17H2,2-3H3. The van der Waals surface area contributed by atoms with Crippen LogP contribution in [-0.2, 0) is 13.0 Å². The number of fused-ring (bicyclic) bond motifs is 1. The van der Waals surface area contributed by atoms with Gasteiger partial charge in [-0.05, 0) is 43.0 Å². The second-order valence-electron chi connectivity index (χ2n) is 6.92. The number of hydrogen-bond donors (Lipinski definition) is 0. The van der Waals surface area contributed by atoms with Gasteiger partial charge in [-0.3, -0.25) is 0 Å². The molecule has 0 atom stereocenters. The fourth-order valence-electron chi connectivity index (χ4n) is 3.29. The Morgan fingerprint density at radius 1 is 1.08 bits per heavy atom.